The van der Waals surface area contributed by atoms with Crippen molar-refractivity contribution in [2.75, 3.05) is 5.33 Å². The van der Waals surface area contributed by atoms with Crippen molar-refractivity contribution < 1.29 is 14.6 Å². The predicted octanol–water partition coefficient (Wildman–Crippen LogP) is 0.838. The molecule has 1 N–H and O–H groups in total. The summed E-state index contributed by atoms with van der Waals surface area (Å²) in [7, 11) is 0. The lowest BCUT2D eigenvalue weighted by Gasteiger charge is -2.25. The number of alkyl halides is 1. The Kier molecular flexibility index (Phi) is 3.33. The minimum Gasteiger partial charge on any atom is -0.462 e. The van der Waals surface area contributed by atoms with E-state index in [-0.39, 0.29) is 18.5 Å². The molecule has 0 bridgehead atoms. The molecule has 0 amide bonds. The van der Waals surface area contributed by atoms with E-state index in [1.165, 1.54) is 0 Å². The second kappa shape index (κ2) is 4.07. The minimum atomic E-state index is -0.500. The van der Waals surface area contributed by atoms with Crippen molar-refractivity contribution in [1.29, 1.82) is 0 Å². The van der Waals surface area contributed by atoms with Crippen LogP contribution in [0.15, 0.2) is 0 Å². The molecule has 64 valence electrons. The number of carbonyl (C=O) groups is 1. The summed E-state index contributed by atoms with van der Waals surface area (Å²) in [5.41, 5.74) is 0. The molecule has 1 saturated heterocycles. The van der Waals surface area contributed by atoms with E-state index >= 15 is 0 Å². The van der Waals surface area contributed by atoms with Crippen molar-refractivity contribution in [1.82, 2.24) is 0 Å². The molecule has 0 saturated carbocycles. The van der Waals surface area contributed by atoms with Gasteiger partial charge in [-0.25, -0.2) is 0 Å². The Balaban J connectivity index is 2.36. The van der Waals surface area contributed by atoms with Crippen LogP contribution in [0, 0.1) is 0 Å². The Morgan fingerprint density at radius 2 is 2.45 bits per heavy atom. The largest absolute Gasteiger partial charge is 0.462 e. The summed E-state index contributed by atoms with van der Waals surface area (Å²) in [6.07, 6.45) is 0.921. The topological polar surface area (TPSA) is 46.5 Å². The Morgan fingerprint density at radius 3 is 3.00 bits per heavy atom. The standard InChI is InChI=1S/C7H11BrO3/c8-2-1-6-3-5(9)4-7(10)11-6/h5-6,9H,1-4H2/t5-,6-/m1/s1. The third kappa shape index (κ3) is 2.79. The molecule has 4 heteroatoms. The first-order valence-electron chi connectivity index (χ1n) is 3.66. The van der Waals surface area contributed by atoms with Gasteiger partial charge in [-0.1, -0.05) is 15.9 Å². The minimum absolute atomic E-state index is 0.0920. The Bertz CT molecular complexity index is 149. The maximum Gasteiger partial charge on any atom is 0.308 e. The first-order chi connectivity index (χ1) is 5.22. The van der Waals surface area contributed by atoms with Crippen molar-refractivity contribution in [3.05, 3.63) is 0 Å². The zero-order valence-electron chi connectivity index (χ0n) is 6.12. The van der Waals surface area contributed by atoms with Crippen LogP contribution in [-0.4, -0.2) is 28.6 Å². The zero-order valence-corrected chi connectivity index (χ0v) is 7.71. The molecule has 2 atom stereocenters. The van der Waals surface area contributed by atoms with Gasteiger partial charge in [-0.15, -0.1) is 0 Å². The van der Waals surface area contributed by atoms with E-state index < -0.39 is 6.10 Å². The molecule has 1 heterocycles. The van der Waals surface area contributed by atoms with Crippen molar-refractivity contribution in [2.45, 2.75) is 31.5 Å². The van der Waals surface area contributed by atoms with E-state index in [0.29, 0.717) is 6.42 Å². The SMILES string of the molecule is O=C1C[C@H](O)C[C@@H](CCBr)O1. The molecule has 11 heavy (non-hydrogen) atoms. The lowest BCUT2D eigenvalue weighted by molar-refractivity contribution is -0.159. The van der Waals surface area contributed by atoms with Crippen molar-refractivity contribution in [2.24, 2.45) is 0 Å². The number of hydrogen-bond donors (Lipinski definition) is 1. The molecule has 0 spiro atoms. The molecular formula is C7H11BrO3. The second-order valence-corrected chi connectivity index (χ2v) is 3.48. The molecule has 1 aliphatic heterocycles. The molecule has 0 unspecified atom stereocenters. The first kappa shape index (κ1) is 9.00. The first-order valence-corrected chi connectivity index (χ1v) is 4.78. The summed E-state index contributed by atoms with van der Waals surface area (Å²) in [6, 6.07) is 0. The molecule has 0 aromatic rings. The molecule has 1 rings (SSSR count). The fourth-order valence-corrected chi connectivity index (χ4v) is 1.67. The van der Waals surface area contributed by atoms with Crippen LogP contribution in [-0.2, 0) is 9.53 Å². The van der Waals surface area contributed by atoms with Crippen molar-refractivity contribution in [3.8, 4) is 0 Å². The van der Waals surface area contributed by atoms with Gasteiger partial charge in [0.1, 0.15) is 6.10 Å². The number of hydrogen-bond acceptors (Lipinski definition) is 3. The van der Waals surface area contributed by atoms with Gasteiger partial charge >= 0.3 is 5.97 Å². The van der Waals surface area contributed by atoms with Gasteiger partial charge in [0.15, 0.2) is 0 Å². The molecule has 0 radical (unpaired) electrons. The average Bonchev–Trinajstić information content (AvgIpc) is 1.85. The maximum absolute atomic E-state index is 10.8. The highest BCUT2D eigenvalue weighted by molar-refractivity contribution is 9.09. The van der Waals surface area contributed by atoms with E-state index in [2.05, 4.69) is 15.9 Å². The molecule has 0 aromatic carbocycles. The molecule has 1 aliphatic rings. The summed E-state index contributed by atoms with van der Waals surface area (Å²) < 4.78 is 4.97. The molecule has 0 aromatic heterocycles. The number of esters is 1. The van der Waals surface area contributed by atoms with E-state index in [1.807, 2.05) is 0 Å². The summed E-state index contributed by atoms with van der Waals surface area (Å²) in [6.45, 7) is 0. The molecule has 1 fully saturated rings. The quantitative estimate of drug-likeness (QED) is 0.557. The Hall–Kier alpha value is -0.0900. The number of halogens is 1. The van der Waals surface area contributed by atoms with Gasteiger partial charge in [0.05, 0.1) is 12.5 Å². The average molecular weight is 223 g/mol. The van der Waals surface area contributed by atoms with Gasteiger partial charge in [-0.2, -0.15) is 0 Å². The monoisotopic (exact) mass is 222 g/mol. The number of aliphatic hydroxyl groups excluding tert-OH is 1. The Morgan fingerprint density at radius 1 is 1.73 bits per heavy atom. The third-order valence-electron chi connectivity index (χ3n) is 1.67. The van der Waals surface area contributed by atoms with Gasteiger partial charge in [-0.3, -0.25) is 4.79 Å². The van der Waals surface area contributed by atoms with Gasteiger partial charge in [0.25, 0.3) is 0 Å². The van der Waals surface area contributed by atoms with Crippen LogP contribution in [0.4, 0.5) is 0 Å². The fourth-order valence-electron chi connectivity index (χ4n) is 1.16. The number of ether oxygens (including phenoxy) is 1. The van der Waals surface area contributed by atoms with Gasteiger partial charge in [-0.05, 0) is 6.42 Å². The highest BCUT2D eigenvalue weighted by Crippen LogP contribution is 2.17. The normalized spacial score (nSPS) is 31.6. The number of rotatable bonds is 2. The highest BCUT2D eigenvalue weighted by atomic mass is 79.9. The van der Waals surface area contributed by atoms with E-state index in [0.717, 1.165) is 11.8 Å². The Labute approximate surface area is 73.9 Å². The summed E-state index contributed by atoms with van der Waals surface area (Å²) in [5, 5.41) is 9.96. The summed E-state index contributed by atoms with van der Waals surface area (Å²) in [4.78, 5) is 10.8. The van der Waals surface area contributed by atoms with Crippen LogP contribution in [0.5, 0.6) is 0 Å². The number of aliphatic hydroxyl groups is 1. The van der Waals surface area contributed by atoms with Crippen LogP contribution >= 0.6 is 15.9 Å². The van der Waals surface area contributed by atoms with Gasteiger partial charge < -0.3 is 9.84 Å². The van der Waals surface area contributed by atoms with Gasteiger partial charge in [0.2, 0.25) is 0 Å². The highest BCUT2D eigenvalue weighted by Gasteiger charge is 2.26. The summed E-state index contributed by atoms with van der Waals surface area (Å²) in [5.74, 6) is -0.283. The summed E-state index contributed by atoms with van der Waals surface area (Å²) >= 11 is 3.25. The number of carbonyl (C=O) groups excluding carboxylic acids is 1. The van der Waals surface area contributed by atoms with E-state index in [1.54, 1.807) is 0 Å². The second-order valence-electron chi connectivity index (χ2n) is 2.68. The third-order valence-corrected chi connectivity index (χ3v) is 2.12. The van der Waals surface area contributed by atoms with Gasteiger partial charge in [0, 0.05) is 11.8 Å². The van der Waals surface area contributed by atoms with Crippen molar-refractivity contribution in [3.63, 3.8) is 0 Å². The molecular weight excluding hydrogens is 212 g/mol. The van der Waals surface area contributed by atoms with Crippen LogP contribution in [0.25, 0.3) is 0 Å². The molecule has 0 aliphatic carbocycles. The lowest BCUT2D eigenvalue weighted by Crippen LogP contribution is -2.32. The zero-order chi connectivity index (χ0) is 8.27. The van der Waals surface area contributed by atoms with Crippen LogP contribution in [0.3, 0.4) is 0 Å². The van der Waals surface area contributed by atoms with E-state index in [9.17, 15) is 4.79 Å². The fraction of sp³-hybridized carbons (Fsp3) is 0.857. The maximum atomic E-state index is 10.8. The van der Waals surface area contributed by atoms with Crippen LogP contribution in [0.2, 0.25) is 0 Å². The van der Waals surface area contributed by atoms with Crippen molar-refractivity contribution >= 4 is 21.9 Å². The smallest absolute Gasteiger partial charge is 0.308 e. The lowest BCUT2D eigenvalue weighted by atomic mass is 10.0. The van der Waals surface area contributed by atoms with Crippen LogP contribution in [0.1, 0.15) is 19.3 Å². The predicted molar refractivity (Wildman–Crippen MR) is 43.5 cm³/mol. The number of cyclic esters (lactones) is 1. The molecule has 3 nitrogen and oxygen atoms in total. The van der Waals surface area contributed by atoms with Crippen LogP contribution < -0.4 is 0 Å². The van der Waals surface area contributed by atoms with E-state index in [4.69, 9.17) is 9.84 Å².